The summed E-state index contributed by atoms with van der Waals surface area (Å²) in [5.41, 5.74) is 0. The molecule has 0 aromatic carbocycles. The van der Waals surface area contributed by atoms with Crippen LogP contribution >= 0.6 is 0 Å². The summed E-state index contributed by atoms with van der Waals surface area (Å²) in [5.74, 6) is 0. The highest BCUT2D eigenvalue weighted by Crippen LogP contribution is 2.33. The maximum absolute atomic E-state index is 3.75. The standard InChI is InChI=1S/C8H25N3Si3/c1-10-9-12(3,4)14(7,8)13(5,6)11(10)2/h9H,1-8H3. The van der Waals surface area contributed by atoms with E-state index in [0.717, 1.165) is 0 Å². The molecule has 0 aromatic rings. The van der Waals surface area contributed by atoms with Gasteiger partial charge >= 0.3 is 0 Å². The summed E-state index contributed by atoms with van der Waals surface area (Å²) >= 11 is 0. The molecule has 1 fully saturated rings. The molecule has 1 saturated heterocycles. The Kier molecular flexibility index (Phi) is 2.93. The zero-order valence-corrected chi connectivity index (χ0v) is 13.9. The fraction of sp³-hybridized carbons (Fsp3) is 1.00. The zero-order valence-electron chi connectivity index (χ0n) is 10.9. The van der Waals surface area contributed by atoms with E-state index < -0.39 is 22.6 Å². The molecule has 0 amide bonds. The van der Waals surface area contributed by atoms with Crippen molar-refractivity contribution in [3.8, 4) is 0 Å². The summed E-state index contributed by atoms with van der Waals surface area (Å²) in [6.07, 6.45) is 0. The number of hydrazine groups is 2. The van der Waals surface area contributed by atoms with Gasteiger partial charge in [-0.1, -0.05) is 39.3 Å². The van der Waals surface area contributed by atoms with Crippen molar-refractivity contribution < 1.29 is 0 Å². The summed E-state index contributed by atoms with van der Waals surface area (Å²) in [4.78, 5) is 0. The van der Waals surface area contributed by atoms with Crippen LogP contribution in [-0.4, -0.2) is 46.5 Å². The van der Waals surface area contributed by atoms with Crippen molar-refractivity contribution >= 4 is 22.6 Å². The minimum absolute atomic E-state index is 1.10. The van der Waals surface area contributed by atoms with Crippen molar-refractivity contribution in [1.82, 2.24) is 14.9 Å². The molecule has 0 bridgehead atoms. The van der Waals surface area contributed by atoms with Crippen LogP contribution in [0.15, 0.2) is 0 Å². The first-order valence-corrected chi connectivity index (χ1v) is 16.2. The van der Waals surface area contributed by atoms with Crippen LogP contribution in [0, 0.1) is 0 Å². The van der Waals surface area contributed by atoms with E-state index in [9.17, 15) is 0 Å². The molecule has 6 heteroatoms. The minimum Gasteiger partial charge on any atom is -0.267 e. The first-order valence-electron chi connectivity index (χ1n) is 5.29. The van der Waals surface area contributed by atoms with E-state index in [0.29, 0.717) is 0 Å². The van der Waals surface area contributed by atoms with Crippen LogP contribution in [0.1, 0.15) is 0 Å². The fourth-order valence-electron chi connectivity index (χ4n) is 2.16. The van der Waals surface area contributed by atoms with Gasteiger partial charge in [0.1, 0.15) is 15.5 Å². The molecule has 84 valence electrons. The van der Waals surface area contributed by atoms with Crippen LogP contribution in [0.2, 0.25) is 39.3 Å². The molecule has 14 heavy (non-hydrogen) atoms. The lowest BCUT2D eigenvalue weighted by Gasteiger charge is -2.60. The summed E-state index contributed by atoms with van der Waals surface area (Å²) in [5, 5.41) is 5.99. The predicted molar refractivity (Wildman–Crippen MR) is 71.1 cm³/mol. The largest absolute Gasteiger partial charge is 0.267 e. The van der Waals surface area contributed by atoms with Gasteiger partial charge < -0.3 is 0 Å². The lowest BCUT2D eigenvalue weighted by atomic mass is 11.3. The summed E-state index contributed by atoms with van der Waals surface area (Å²) in [7, 11) is 0.862. The Balaban J connectivity index is 3.15. The van der Waals surface area contributed by atoms with Gasteiger partial charge in [0.25, 0.3) is 0 Å². The van der Waals surface area contributed by atoms with Gasteiger partial charge in [-0.15, -0.1) is 0 Å². The van der Waals surface area contributed by atoms with Crippen LogP contribution in [0.5, 0.6) is 0 Å². The topological polar surface area (TPSA) is 18.5 Å². The number of hydrogen-bond donors (Lipinski definition) is 1. The molecule has 0 aliphatic carbocycles. The monoisotopic (exact) mass is 247 g/mol. The van der Waals surface area contributed by atoms with Crippen molar-refractivity contribution in [2.45, 2.75) is 39.3 Å². The van der Waals surface area contributed by atoms with E-state index in [1.54, 1.807) is 0 Å². The highest BCUT2D eigenvalue weighted by Gasteiger charge is 2.59. The molecular formula is C8H25N3Si3. The van der Waals surface area contributed by atoms with Gasteiger partial charge in [0.05, 0.1) is 7.11 Å². The minimum atomic E-state index is -1.22. The van der Waals surface area contributed by atoms with E-state index in [-0.39, 0.29) is 0 Å². The second kappa shape index (κ2) is 3.26. The molecule has 1 aliphatic heterocycles. The molecule has 0 saturated carbocycles. The molecule has 1 N–H and O–H groups in total. The molecule has 1 aliphatic rings. The van der Waals surface area contributed by atoms with E-state index in [1.165, 1.54) is 0 Å². The maximum atomic E-state index is 3.75. The van der Waals surface area contributed by atoms with Gasteiger partial charge in [-0.3, -0.25) is 9.77 Å². The number of hydrogen-bond acceptors (Lipinski definition) is 3. The van der Waals surface area contributed by atoms with Crippen molar-refractivity contribution in [1.29, 1.82) is 0 Å². The smallest absolute Gasteiger partial charge is 0.130 e. The third kappa shape index (κ3) is 1.48. The molecule has 0 aromatic heterocycles. The van der Waals surface area contributed by atoms with Gasteiger partial charge in [-0.2, -0.15) is 5.12 Å². The van der Waals surface area contributed by atoms with Crippen LogP contribution in [0.25, 0.3) is 0 Å². The number of nitrogens with one attached hydrogen (secondary N) is 1. The molecule has 1 heterocycles. The number of nitrogens with zero attached hydrogens (tertiary/aromatic N) is 2. The van der Waals surface area contributed by atoms with Gasteiger partial charge in [0.15, 0.2) is 0 Å². The summed E-state index contributed by atoms with van der Waals surface area (Å²) < 4.78 is 2.50. The first-order chi connectivity index (χ1) is 6.04. The Labute approximate surface area is 91.2 Å². The number of rotatable bonds is 0. The summed E-state index contributed by atoms with van der Waals surface area (Å²) in [6, 6.07) is 0. The molecule has 1 rings (SSSR count). The second-order valence-corrected chi connectivity index (χ2v) is 32.9. The quantitative estimate of drug-likeness (QED) is 0.656. The van der Waals surface area contributed by atoms with E-state index in [2.05, 4.69) is 68.3 Å². The fourth-order valence-corrected chi connectivity index (χ4v) is 31.2. The van der Waals surface area contributed by atoms with Gasteiger partial charge in [0, 0.05) is 7.05 Å². The Bertz CT molecular complexity index is 240. The predicted octanol–water partition coefficient (Wildman–Crippen LogP) is 1.56. The second-order valence-electron chi connectivity index (χ2n) is 5.97. The van der Waals surface area contributed by atoms with Gasteiger partial charge in [-0.25, -0.2) is 0 Å². The highest BCUT2D eigenvalue weighted by molar-refractivity contribution is 7.67. The lowest BCUT2D eigenvalue weighted by molar-refractivity contribution is 0.0773. The van der Waals surface area contributed by atoms with Crippen LogP contribution in [0.4, 0.5) is 0 Å². The van der Waals surface area contributed by atoms with Crippen LogP contribution < -0.4 is 5.09 Å². The van der Waals surface area contributed by atoms with Crippen LogP contribution in [-0.2, 0) is 0 Å². The van der Waals surface area contributed by atoms with Crippen LogP contribution in [0.3, 0.4) is 0 Å². The Hall–Kier alpha value is 0.531. The van der Waals surface area contributed by atoms with E-state index >= 15 is 0 Å². The Morgan fingerprint density at radius 1 is 0.857 bits per heavy atom. The maximum Gasteiger partial charge on any atom is 0.130 e. The Morgan fingerprint density at radius 2 is 1.29 bits per heavy atom. The van der Waals surface area contributed by atoms with Crippen molar-refractivity contribution in [3.63, 3.8) is 0 Å². The van der Waals surface area contributed by atoms with Gasteiger partial charge in [-0.05, 0) is 7.05 Å². The van der Waals surface area contributed by atoms with Crippen molar-refractivity contribution in [3.05, 3.63) is 0 Å². The normalized spacial score (nSPS) is 31.7. The average Bonchev–Trinajstić information content (AvgIpc) is 1.99. The van der Waals surface area contributed by atoms with Crippen molar-refractivity contribution in [2.75, 3.05) is 14.1 Å². The third-order valence-corrected chi connectivity index (χ3v) is 44.8. The molecular weight excluding hydrogens is 222 g/mol. The molecule has 3 nitrogen and oxygen atoms in total. The van der Waals surface area contributed by atoms with E-state index in [4.69, 9.17) is 0 Å². The Morgan fingerprint density at radius 3 is 1.71 bits per heavy atom. The average molecular weight is 248 g/mol. The molecule has 0 unspecified atom stereocenters. The molecule has 0 radical (unpaired) electrons. The van der Waals surface area contributed by atoms with Gasteiger partial charge in [0.2, 0.25) is 0 Å². The summed E-state index contributed by atoms with van der Waals surface area (Å²) in [6.45, 7) is 15.2. The molecule has 0 spiro atoms. The first kappa shape index (κ1) is 12.6. The highest BCUT2D eigenvalue weighted by atomic mass is 29.6. The lowest BCUT2D eigenvalue weighted by Crippen LogP contribution is -2.88. The van der Waals surface area contributed by atoms with E-state index in [1.807, 2.05) is 0 Å². The zero-order chi connectivity index (χ0) is 11.4. The molecule has 0 atom stereocenters. The SMILES string of the molecule is CN1N[Si](C)(C)[Si](C)(C)[Si](C)(C)N1C. The van der Waals surface area contributed by atoms with Crippen molar-refractivity contribution in [2.24, 2.45) is 0 Å². The third-order valence-electron chi connectivity index (χ3n) is 4.79.